The van der Waals surface area contributed by atoms with E-state index in [0.717, 1.165) is 31.2 Å². The summed E-state index contributed by atoms with van der Waals surface area (Å²) in [6.45, 7) is 10.0. The van der Waals surface area contributed by atoms with Crippen LogP contribution in [-0.4, -0.2) is 24.4 Å². The number of benzene rings is 1. The quantitative estimate of drug-likeness (QED) is 0.587. The normalized spacial score (nSPS) is 22.2. The maximum absolute atomic E-state index is 9.95. The molecule has 0 unspecified atom stereocenters. The van der Waals surface area contributed by atoms with Crippen molar-refractivity contribution in [3.63, 3.8) is 0 Å². The molecule has 7 heteroatoms. The van der Waals surface area contributed by atoms with Gasteiger partial charge in [0.1, 0.15) is 11.2 Å². The molecule has 1 aromatic rings. The standard InChI is InChI=1S/C18H27NO3.FN.W/c1-17(2)18(3,4)22-19(21-17)16-7-5-14(6-8-16)13-15-9-11-20-12-10-15;1-2;/h5-8,15H,9-13H2,1-4H3;;. The predicted molar refractivity (Wildman–Crippen MR) is 90.0 cm³/mol. The van der Waals surface area contributed by atoms with E-state index in [1.54, 1.807) is 5.23 Å². The molecule has 2 aliphatic heterocycles. The summed E-state index contributed by atoms with van der Waals surface area (Å²) in [6.07, 6.45) is 3.47. The van der Waals surface area contributed by atoms with Crippen molar-refractivity contribution < 1.29 is 38.5 Å². The van der Waals surface area contributed by atoms with Crippen LogP contribution in [0.1, 0.15) is 46.1 Å². The summed E-state index contributed by atoms with van der Waals surface area (Å²) in [5.74, 6) is 0.747. The molecular formula is C18H27FN2O3W. The Bertz CT molecular complexity index is 544. The molecule has 0 atom stereocenters. The second-order valence-electron chi connectivity index (χ2n) is 7.46. The van der Waals surface area contributed by atoms with Crippen LogP contribution in [0.3, 0.4) is 0 Å². The number of nitrogens with zero attached hydrogens (tertiary/aromatic N) is 2. The topological polar surface area (TPSA) is 43.3 Å². The number of anilines is 1. The Balaban J connectivity index is 0.000000701. The van der Waals surface area contributed by atoms with Crippen molar-refractivity contribution in [1.29, 1.82) is 0 Å². The van der Waals surface area contributed by atoms with Gasteiger partial charge in [-0.15, -0.1) is 5.23 Å². The molecule has 2 aliphatic rings. The average molecular weight is 522 g/mol. The number of rotatable bonds is 3. The Morgan fingerprint density at radius 2 is 1.56 bits per heavy atom. The molecule has 0 aromatic heterocycles. The fourth-order valence-corrected chi connectivity index (χ4v) is 2.80. The third kappa shape index (κ3) is 5.40. The zero-order chi connectivity index (χ0) is 18.5. The van der Waals surface area contributed by atoms with Crippen molar-refractivity contribution in [3.8, 4) is 0 Å². The fourth-order valence-electron chi connectivity index (χ4n) is 2.80. The molecular weight excluding hydrogens is 495 g/mol. The molecule has 0 saturated carbocycles. The zero-order valence-electron chi connectivity index (χ0n) is 15.3. The van der Waals surface area contributed by atoms with Gasteiger partial charge in [-0.25, -0.2) is 9.68 Å². The molecule has 0 bridgehead atoms. The van der Waals surface area contributed by atoms with Crippen molar-refractivity contribution in [3.05, 3.63) is 29.8 Å². The van der Waals surface area contributed by atoms with Crippen LogP contribution >= 0.6 is 0 Å². The van der Waals surface area contributed by atoms with E-state index in [1.807, 2.05) is 27.7 Å². The molecule has 25 heavy (non-hydrogen) atoms. The molecule has 0 amide bonds. The number of hydrogen-bond donors (Lipinski definition) is 0. The van der Waals surface area contributed by atoms with Crippen molar-refractivity contribution in [2.45, 2.75) is 58.2 Å². The Morgan fingerprint density at radius 3 is 2.04 bits per heavy atom. The van der Waals surface area contributed by atoms with Crippen LogP contribution in [0.2, 0.25) is 0 Å². The van der Waals surface area contributed by atoms with Crippen LogP contribution < -0.4 is 5.23 Å². The van der Waals surface area contributed by atoms with Gasteiger partial charge >= 0.3 is 27.8 Å². The van der Waals surface area contributed by atoms with E-state index in [-0.39, 0.29) is 11.2 Å². The van der Waals surface area contributed by atoms with E-state index in [4.69, 9.17) is 14.4 Å². The molecule has 2 fully saturated rings. The van der Waals surface area contributed by atoms with Crippen LogP contribution in [0.15, 0.2) is 28.0 Å². The first-order valence-corrected chi connectivity index (χ1v) is 9.89. The second kappa shape index (κ2) is 8.81. The Morgan fingerprint density at radius 1 is 1.08 bits per heavy atom. The third-order valence-corrected chi connectivity index (χ3v) is 5.08. The van der Waals surface area contributed by atoms with Gasteiger partial charge in [0.2, 0.25) is 0 Å². The van der Waals surface area contributed by atoms with E-state index < -0.39 is 0 Å². The summed E-state index contributed by atoms with van der Waals surface area (Å²) in [7, 11) is 0. The molecule has 0 radical (unpaired) electrons. The Hall–Kier alpha value is -0.682. The minimum absolute atomic E-state index is 0.353. The SMILES string of the molecule is CC1(C)ON(c2ccc(CC3CCOCC3)cc2)OC1(C)C.F[N]=[W]. The van der Waals surface area contributed by atoms with E-state index in [0.29, 0.717) is 19.6 Å². The summed E-state index contributed by atoms with van der Waals surface area (Å²) in [4.78, 5) is 11.9. The second-order valence-corrected chi connectivity index (χ2v) is 7.95. The monoisotopic (exact) mass is 522 g/mol. The minimum atomic E-state index is -0.353. The summed E-state index contributed by atoms with van der Waals surface area (Å²) < 4.78 is 17.5. The molecule has 1 aromatic carbocycles. The molecule has 3 rings (SSSR count). The summed E-state index contributed by atoms with van der Waals surface area (Å²) in [6, 6.07) is 8.50. The van der Waals surface area contributed by atoms with Crippen molar-refractivity contribution in [2.24, 2.45) is 9.64 Å². The number of ether oxygens (including phenoxy) is 1. The first-order valence-electron chi connectivity index (χ1n) is 8.58. The number of hydrogen-bond acceptors (Lipinski definition) is 5. The molecule has 2 saturated heterocycles. The summed E-state index contributed by atoms with van der Waals surface area (Å²) in [5, 5.41) is 1.55. The van der Waals surface area contributed by atoms with E-state index in [1.165, 1.54) is 18.4 Å². The van der Waals surface area contributed by atoms with Gasteiger partial charge < -0.3 is 4.74 Å². The fraction of sp³-hybridized carbons (Fsp3) is 0.667. The van der Waals surface area contributed by atoms with Crippen molar-refractivity contribution in [2.75, 3.05) is 18.4 Å². The van der Waals surface area contributed by atoms with Crippen LogP contribution in [0, 0.1) is 5.92 Å². The maximum atomic E-state index is 9.95. The van der Waals surface area contributed by atoms with Gasteiger partial charge in [0.15, 0.2) is 0 Å². The summed E-state index contributed by atoms with van der Waals surface area (Å²) >= 11 is 0.630. The Kier molecular flexibility index (Phi) is 7.27. The molecule has 0 spiro atoms. The number of halogens is 1. The third-order valence-electron chi connectivity index (χ3n) is 5.08. The molecule has 5 nitrogen and oxygen atoms in total. The Labute approximate surface area is 160 Å². The average Bonchev–Trinajstić information content (AvgIpc) is 2.78. The summed E-state index contributed by atoms with van der Waals surface area (Å²) in [5.41, 5.74) is 1.60. The van der Waals surface area contributed by atoms with E-state index >= 15 is 0 Å². The van der Waals surface area contributed by atoms with E-state index in [9.17, 15) is 4.48 Å². The van der Waals surface area contributed by atoms with Gasteiger partial charge in [0.25, 0.3) is 0 Å². The van der Waals surface area contributed by atoms with E-state index in [2.05, 4.69) is 28.0 Å². The van der Waals surface area contributed by atoms with Crippen molar-refractivity contribution >= 4 is 5.69 Å². The van der Waals surface area contributed by atoms with Crippen LogP contribution in [-0.2, 0) is 40.5 Å². The van der Waals surface area contributed by atoms with Crippen LogP contribution in [0.5, 0.6) is 0 Å². The molecule has 0 N–H and O–H groups in total. The van der Waals surface area contributed by atoms with Gasteiger partial charge in [-0.3, -0.25) is 0 Å². The van der Waals surface area contributed by atoms with Crippen molar-refractivity contribution in [1.82, 2.24) is 0 Å². The van der Waals surface area contributed by atoms with Crippen LogP contribution in [0.25, 0.3) is 0 Å². The van der Waals surface area contributed by atoms with Gasteiger partial charge in [-0.2, -0.15) is 0 Å². The van der Waals surface area contributed by atoms with Gasteiger partial charge in [0.05, 0.1) is 5.69 Å². The molecule has 0 aliphatic carbocycles. The molecule has 140 valence electrons. The zero-order valence-corrected chi connectivity index (χ0v) is 18.3. The first kappa shape index (κ1) is 20.6. The van der Waals surface area contributed by atoms with Crippen LogP contribution in [0.4, 0.5) is 10.2 Å². The predicted octanol–water partition coefficient (Wildman–Crippen LogP) is 4.50. The molecule has 2 heterocycles. The van der Waals surface area contributed by atoms with Gasteiger partial charge in [-0.1, -0.05) is 12.1 Å². The van der Waals surface area contributed by atoms with Gasteiger partial charge in [-0.05, 0) is 70.6 Å². The van der Waals surface area contributed by atoms with Gasteiger partial charge in [0, 0.05) is 13.2 Å². The first-order chi connectivity index (χ1) is 11.8.